The summed E-state index contributed by atoms with van der Waals surface area (Å²) in [6.07, 6.45) is 0. The molecule has 1 aliphatic rings. The Hall–Kier alpha value is -2.37. The summed E-state index contributed by atoms with van der Waals surface area (Å²) in [6.45, 7) is 0.367. The Morgan fingerprint density at radius 1 is 1.00 bits per heavy atom. The SMILES string of the molecule is Fc1cc(F)c(F)c(NCc2ccc3c(c2)OCO3)c1. The van der Waals surface area contributed by atoms with Crippen molar-refractivity contribution in [2.24, 2.45) is 0 Å². The number of nitrogens with one attached hydrogen (secondary N) is 1. The number of benzene rings is 2. The standard InChI is InChI=1S/C14H10F3NO2/c15-9-4-10(16)14(17)11(5-9)18-6-8-1-2-12-13(3-8)20-7-19-12/h1-5,18H,6-7H2. The number of ether oxygens (including phenoxy) is 2. The Bertz CT molecular complexity index is 661. The first-order valence-electron chi connectivity index (χ1n) is 5.90. The molecule has 0 aliphatic carbocycles. The van der Waals surface area contributed by atoms with E-state index >= 15 is 0 Å². The average Bonchev–Trinajstić information content (AvgIpc) is 2.88. The second-order valence-corrected chi connectivity index (χ2v) is 4.29. The van der Waals surface area contributed by atoms with Crippen LogP contribution in [0.5, 0.6) is 11.5 Å². The molecule has 0 saturated carbocycles. The Morgan fingerprint density at radius 2 is 1.80 bits per heavy atom. The van der Waals surface area contributed by atoms with Crippen molar-refractivity contribution in [3.05, 3.63) is 53.3 Å². The van der Waals surface area contributed by atoms with Gasteiger partial charge in [0.2, 0.25) is 6.79 Å². The number of fused-ring (bicyclic) bond motifs is 1. The van der Waals surface area contributed by atoms with Crippen LogP contribution in [0.1, 0.15) is 5.56 Å². The highest BCUT2D eigenvalue weighted by Crippen LogP contribution is 2.32. The minimum absolute atomic E-state index is 0.163. The van der Waals surface area contributed by atoms with Crippen LogP contribution in [-0.4, -0.2) is 6.79 Å². The lowest BCUT2D eigenvalue weighted by Gasteiger charge is -2.09. The first-order valence-corrected chi connectivity index (χ1v) is 5.90. The Balaban J connectivity index is 1.77. The van der Waals surface area contributed by atoms with E-state index in [9.17, 15) is 13.2 Å². The van der Waals surface area contributed by atoms with Crippen LogP contribution in [0.25, 0.3) is 0 Å². The normalized spacial score (nSPS) is 12.6. The summed E-state index contributed by atoms with van der Waals surface area (Å²) in [4.78, 5) is 0. The topological polar surface area (TPSA) is 30.5 Å². The van der Waals surface area contributed by atoms with Crippen molar-refractivity contribution in [2.75, 3.05) is 12.1 Å². The molecular weight excluding hydrogens is 271 g/mol. The molecule has 0 saturated heterocycles. The fraction of sp³-hybridized carbons (Fsp3) is 0.143. The molecule has 1 heterocycles. The summed E-state index contributed by atoms with van der Waals surface area (Å²) in [5.41, 5.74) is 0.554. The minimum Gasteiger partial charge on any atom is -0.454 e. The van der Waals surface area contributed by atoms with Crippen molar-refractivity contribution in [1.82, 2.24) is 0 Å². The van der Waals surface area contributed by atoms with Crippen LogP contribution in [0, 0.1) is 17.5 Å². The molecule has 0 amide bonds. The highest BCUT2D eigenvalue weighted by atomic mass is 19.2. The molecule has 0 atom stereocenters. The van der Waals surface area contributed by atoms with Gasteiger partial charge in [0, 0.05) is 18.7 Å². The van der Waals surface area contributed by atoms with Crippen LogP contribution in [0.15, 0.2) is 30.3 Å². The molecule has 1 aliphatic heterocycles. The van der Waals surface area contributed by atoms with Gasteiger partial charge < -0.3 is 14.8 Å². The Morgan fingerprint density at radius 3 is 2.65 bits per heavy atom. The van der Waals surface area contributed by atoms with E-state index in [-0.39, 0.29) is 19.0 Å². The zero-order valence-corrected chi connectivity index (χ0v) is 10.3. The molecule has 1 N–H and O–H groups in total. The fourth-order valence-corrected chi connectivity index (χ4v) is 1.93. The van der Waals surface area contributed by atoms with Gasteiger partial charge in [-0.05, 0) is 17.7 Å². The largest absolute Gasteiger partial charge is 0.454 e. The first-order chi connectivity index (χ1) is 9.63. The lowest BCUT2D eigenvalue weighted by molar-refractivity contribution is 0.174. The fourth-order valence-electron chi connectivity index (χ4n) is 1.93. The first kappa shape index (κ1) is 12.7. The van der Waals surface area contributed by atoms with E-state index in [1.807, 2.05) is 0 Å². The maximum atomic E-state index is 13.5. The molecule has 3 nitrogen and oxygen atoms in total. The Kier molecular flexibility index (Phi) is 3.14. The van der Waals surface area contributed by atoms with Gasteiger partial charge in [-0.25, -0.2) is 13.2 Å². The molecular formula is C14H10F3NO2. The van der Waals surface area contributed by atoms with E-state index in [2.05, 4.69) is 5.32 Å². The second-order valence-electron chi connectivity index (χ2n) is 4.29. The summed E-state index contributed by atoms with van der Waals surface area (Å²) < 4.78 is 49.9. The number of hydrogen-bond donors (Lipinski definition) is 1. The monoisotopic (exact) mass is 281 g/mol. The van der Waals surface area contributed by atoms with E-state index in [1.165, 1.54) is 0 Å². The smallest absolute Gasteiger partial charge is 0.231 e. The van der Waals surface area contributed by atoms with Crippen molar-refractivity contribution < 1.29 is 22.6 Å². The minimum atomic E-state index is -1.22. The number of rotatable bonds is 3. The zero-order valence-electron chi connectivity index (χ0n) is 10.3. The number of halogens is 3. The molecule has 0 bridgehead atoms. The predicted octanol–water partition coefficient (Wildman–Crippen LogP) is 3.44. The summed E-state index contributed by atoms with van der Waals surface area (Å²) >= 11 is 0. The maximum Gasteiger partial charge on any atom is 0.231 e. The molecule has 0 aromatic heterocycles. The summed E-state index contributed by atoms with van der Waals surface area (Å²) in [6, 6.07) is 6.62. The van der Waals surface area contributed by atoms with E-state index in [0.29, 0.717) is 17.6 Å². The lowest BCUT2D eigenvalue weighted by Crippen LogP contribution is -2.03. The third-order valence-corrected chi connectivity index (χ3v) is 2.91. The molecule has 0 spiro atoms. The van der Waals surface area contributed by atoms with Crippen molar-refractivity contribution >= 4 is 5.69 Å². The van der Waals surface area contributed by atoms with Gasteiger partial charge in [-0.3, -0.25) is 0 Å². The molecule has 6 heteroatoms. The van der Waals surface area contributed by atoms with Gasteiger partial charge in [0.05, 0.1) is 5.69 Å². The third kappa shape index (κ3) is 2.36. The lowest BCUT2D eigenvalue weighted by atomic mass is 10.2. The summed E-state index contributed by atoms with van der Waals surface area (Å²) in [5, 5.41) is 2.65. The zero-order chi connectivity index (χ0) is 14.1. The molecule has 2 aromatic carbocycles. The van der Waals surface area contributed by atoms with Crippen LogP contribution < -0.4 is 14.8 Å². The van der Waals surface area contributed by atoms with E-state index in [1.54, 1.807) is 18.2 Å². The molecule has 2 aromatic rings. The van der Waals surface area contributed by atoms with Gasteiger partial charge in [0.15, 0.2) is 23.1 Å². The van der Waals surface area contributed by atoms with E-state index in [0.717, 1.165) is 11.6 Å². The van der Waals surface area contributed by atoms with Crippen LogP contribution in [-0.2, 0) is 6.54 Å². The maximum absolute atomic E-state index is 13.5. The number of anilines is 1. The second kappa shape index (κ2) is 4.96. The molecule has 0 fully saturated rings. The highest BCUT2D eigenvalue weighted by Gasteiger charge is 2.14. The van der Waals surface area contributed by atoms with Gasteiger partial charge in [-0.2, -0.15) is 0 Å². The molecule has 3 rings (SSSR count). The highest BCUT2D eigenvalue weighted by molar-refractivity contribution is 5.48. The quantitative estimate of drug-likeness (QED) is 0.874. The molecule has 0 unspecified atom stereocenters. The average molecular weight is 281 g/mol. The Labute approximate surface area is 112 Å². The molecule has 20 heavy (non-hydrogen) atoms. The number of hydrogen-bond acceptors (Lipinski definition) is 3. The van der Waals surface area contributed by atoms with Gasteiger partial charge in [0.25, 0.3) is 0 Å². The van der Waals surface area contributed by atoms with Crippen molar-refractivity contribution in [2.45, 2.75) is 6.54 Å². The van der Waals surface area contributed by atoms with Gasteiger partial charge in [-0.15, -0.1) is 0 Å². The third-order valence-electron chi connectivity index (χ3n) is 2.91. The molecule has 0 radical (unpaired) electrons. The predicted molar refractivity (Wildman–Crippen MR) is 66.2 cm³/mol. The van der Waals surface area contributed by atoms with Crippen molar-refractivity contribution in [1.29, 1.82) is 0 Å². The van der Waals surface area contributed by atoms with Gasteiger partial charge in [0.1, 0.15) is 5.82 Å². The summed E-state index contributed by atoms with van der Waals surface area (Å²) in [7, 11) is 0. The van der Waals surface area contributed by atoms with Crippen molar-refractivity contribution in [3.8, 4) is 11.5 Å². The van der Waals surface area contributed by atoms with Gasteiger partial charge >= 0.3 is 0 Å². The van der Waals surface area contributed by atoms with Gasteiger partial charge in [-0.1, -0.05) is 6.07 Å². The molecule has 104 valence electrons. The van der Waals surface area contributed by atoms with Crippen LogP contribution in [0.4, 0.5) is 18.9 Å². The van der Waals surface area contributed by atoms with Crippen molar-refractivity contribution in [3.63, 3.8) is 0 Å². The van der Waals surface area contributed by atoms with E-state index in [4.69, 9.17) is 9.47 Å². The van der Waals surface area contributed by atoms with Crippen LogP contribution >= 0.6 is 0 Å². The summed E-state index contributed by atoms with van der Waals surface area (Å²) in [5.74, 6) is -1.94. The van der Waals surface area contributed by atoms with Crippen LogP contribution in [0.2, 0.25) is 0 Å². The van der Waals surface area contributed by atoms with E-state index < -0.39 is 17.5 Å². The van der Waals surface area contributed by atoms with Crippen LogP contribution in [0.3, 0.4) is 0 Å².